The Labute approximate surface area is 302 Å². The van der Waals surface area contributed by atoms with Crippen LogP contribution >= 0.6 is 0 Å². The Hall–Kier alpha value is -3.33. The fraction of sp³-hybridized carbons (Fsp3) is 0.605. The Kier molecular flexibility index (Phi) is 8.56. The molecule has 2 aromatic rings. The Balaban J connectivity index is 1.42. The molecule has 8 heteroatoms. The first-order valence-corrected chi connectivity index (χ1v) is 18.6. The molecular weight excluding hydrogens is 644 g/mol. The Bertz CT molecular complexity index is 1750. The normalized spacial score (nSPS) is 40.9. The molecular formula is C43H54O8. The quantitative estimate of drug-likeness (QED) is 0.261. The highest BCUT2D eigenvalue weighted by atomic mass is 16.6. The van der Waals surface area contributed by atoms with E-state index in [1.807, 2.05) is 102 Å². The first-order chi connectivity index (χ1) is 23.9. The smallest absolute Gasteiger partial charge is 0.336 e. The van der Waals surface area contributed by atoms with Crippen molar-refractivity contribution in [2.24, 2.45) is 28.1 Å². The predicted molar refractivity (Wildman–Crippen MR) is 192 cm³/mol. The fourth-order valence-electron chi connectivity index (χ4n) is 11.2. The molecule has 2 aromatic carbocycles. The zero-order valence-electron chi connectivity index (χ0n) is 31.5. The van der Waals surface area contributed by atoms with Crippen LogP contribution in [0.25, 0.3) is 0 Å². The van der Waals surface area contributed by atoms with Gasteiger partial charge in [0.05, 0.1) is 23.9 Å². The molecule has 2 heterocycles. The molecule has 0 amide bonds. The van der Waals surface area contributed by atoms with Crippen LogP contribution in [-0.2, 0) is 33.3 Å². The number of carbonyl (C=O) groups is 3. The van der Waals surface area contributed by atoms with Crippen LogP contribution in [0.4, 0.5) is 0 Å². The van der Waals surface area contributed by atoms with Crippen molar-refractivity contribution in [1.82, 2.24) is 0 Å². The van der Waals surface area contributed by atoms with E-state index in [-0.39, 0.29) is 36.1 Å². The summed E-state index contributed by atoms with van der Waals surface area (Å²) in [5, 5.41) is 13.8. The third kappa shape index (κ3) is 5.29. The summed E-state index contributed by atoms with van der Waals surface area (Å²) in [7, 11) is 0. The van der Waals surface area contributed by atoms with E-state index in [2.05, 4.69) is 13.8 Å². The number of ketones is 1. The van der Waals surface area contributed by atoms with Crippen molar-refractivity contribution in [2.75, 3.05) is 6.61 Å². The lowest BCUT2D eigenvalue weighted by atomic mass is 9.38. The fourth-order valence-corrected chi connectivity index (χ4v) is 11.2. The van der Waals surface area contributed by atoms with Crippen LogP contribution in [0.3, 0.4) is 0 Å². The molecule has 0 radical (unpaired) electrons. The molecule has 2 saturated carbocycles. The summed E-state index contributed by atoms with van der Waals surface area (Å²) in [6, 6.07) is 19.8. The molecule has 0 spiro atoms. The molecule has 2 aliphatic heterocycles. The average Bonchev–Trinajstić information content (AvgIpc) is 3.41. The molecule has 7 rings (SSSR count). The zero-order valence-corrected chi connectivity index (χ0v) is 31.5. The molecule has 8 nitrogen and oxygen atoms in total. The van der Waals surface area contributed by atoms with Crippen LogP contribution in [0.15, 0.2) is 71.8 Å². The number of rotatable bonds is 5. The minimum atomic E-state index is -1.55. The molecule has 1 N–H and O–H groups in total. The van der Waals surface area contributed by atoms with Crippen molar-refractivity contribution < 1.29 is 38.4 Å². The standard InChI is InChI=1S/C43H54O8/c1-24-20-31-41(8,23-48-31)36-33(28-18-14-11-15-19-28)43(47)22-30(25(2)32(40(43,6)7)35(49-26(3)44)37(45)42(24,36)9)50-38(46)34-29(21-39(4,5)51-34)27-16-12-10-13-17-27/h10-19,24,29-31,33-36,47H,20-23H2,1-9H3/t24-,29-,30-,31+,33-,34+,35+,36?,41+,42+,43+/m0/s1. The number of benzene rings is 2. The van der Waals surface area contributed by atoms with Gasteiger partial charge in [-0.1, -0.05) is 95.3 Å². The molecule has 0 aromatic heterocycles. The third-order valence-corrected chi connectivity index (χ3v) is 14.0. The van der Waals surface area contributed by atoms with Crippen LogP contribution in [0.5, 0.6) is 0 Å². The number of ether oxygens (including phenoxy) is 4. The van der Waals surface area contributed by atoms with Gasteiger partial charge in [0.1, 0.15) is 6.10 Å². The van der Waals surface area contributed by atoms with Crippen LogP contribution < -0.4 is 0 Å². The predicted octanol–water partition coefficient (Wildman–Crippen LogP) is 7.09. The lowest BCUT2D eigenvalue weighted by molar-refractivity contribution is -0.285. The van der Waals surface area contributed by atoms with Crippen LogP contribution in [0.1, 0.15) is 105 Å². The van der Waals surface area contributed by atoms with Gasteiger partial charge in [-0.05, 0) is 67.7 Å². The number of esters is 2. The van der Waals surface area contributed by atoms with Gasteiger partial charge in [0, 0.05) is 41.4 Å². The Morgan fingerprint density at radius 3 is 2.06 bits per heavy atom. The van der Waals surface area contributed by atoms with Gasteiger partial charge >= 0.3 is 11.9 Å². The van der Waals surface area contributed by atoms with Crippen molar-refractivity contribution in [3.63, 3.8) is 0 Å². The van der Waals surface area contributed by atoms with Gasteiger partial charge in [0.15, 0.2) is 18.0 Å². The zero-order chi connectivity index (χ0) is 36.9. The van der Waals surface area contributed by atoms with E-state index in [0.29, 0.717) is 30.6 Å². The van der Waals surface area contributed by atoms with Crippen molar-refractivity contribution in [3.8, 4) is 0 Å². The summed E-state index contributed by atoms with van der Waals surface area (Å²) in [6.07, 6.45) is -1.71. The number of aliphatic hydroxyl groups is 1. The van der Waals surface area contributed by atoms with Gasteiger partial charge in [-0.2, -0.15) is 0 Å². The van der Waals surface area contributed by atoms with Gasteiger partial charge in [-0.15, -0.1) is 0 Å². The van der Waals surface area contributed by atoms with E-state index >= 15 is 4.79 Å². The summed E-state index contributed by atoms with van der Waals surface area (Å²) in [4.78, 5) is 42.8. The second-order valence-electron chi connectivity index (χ2n) is 17.7. The van der Waals surface area contributed by atoms with E-state index < -0.39 is 63.6 Å². The van der Waals surface area contributed by atoms with E-state index in [1.54, 1.807) is 0 Å². The van der Waals surface area contributed by atoms with Crippen molar-refractivity contribution in [2.45, 2.75) is 129 Å². The molecule has 2 saturated heterocycles. The molecule has 4 fully saturated rings. The highest BCUT2D eigenvalue weighted by Crippen LogP contribution is 2.70. The molecule has 1 unspecified atom stereocenters. The van der Waals surface area contributed by atoms with Gasteiger partial charge in [0.25, 0.3) is 0 Å². The first kappa shape index (κ1) is 36.0. The van der Waals surface area contributed by atoms with E-state index in [9.17, 15) is 14.7 Å². The summed E-state index contributed by atoms with van der Waals surface area (Å²) < 4.78 is 25.2. The largest absolute Gasteiger partial charge is 0.456 e. The summed E-state index contributed by atoms with van der Waals surface area (Å²) in [6.45, 7) is 17.8. The van der Waals surface area contributed by atoms with Gasteiger partial charge in [0.2, 0.25) is 0 Å². The number of hydrogen-bond donors (Lipinski definition) is 1. The number of hydrogen-bond acceptors (Lipinski definition) is 8. The van der Waals surface area contributed by atoms with Gasteiger partial charge < -0.3 is 24.1 Å². The van der Waals surface area contributed by atoms with Crippen molar-refractivity contribution in [1.29, 1.82) is 0 Å². The van der Waals surface area contributed by atoms with Crippen molar-refractivity contribution >= 4 is 17.7 Å². The average molecular weight is 699 g/mol. The molecule has 3 aliphatic carbocycles. The van der Waals surface area contributed by atoms with E-state index in [4.69, 9.17) is 18.9 Å². The topological polar surface area (TPSA) is 108 Å². The maximum atomic E-state index is 15.5. The lowest BCUT2D eigenvalue weighted by Gasteiger charge is -2.69. The van der Waals surface area contributed by atoms with Crippen LogP contribution in [-0.4, -0.2) is 65.1 Å². The molecule has 5 aliphatic rings. The number of carbonyl (C=O) groups excluding carboxylic acids is 3. The summed E-state index contributed by atoms with van der Waals surface area (Å²) in [5.41, 5.74) is -1.57. The van der Waals surface area contributed by atoms with Crippen molar-refractivity contribution in [3.05, 3.63) is 82.9 Å². The SMILES string of the molecule is CC(=O)O[C@H]1C(=O)[C@@]2(C)C([C@H](c3ccccc3)[C@]3(O)C[C@H](OC(=O)[C@@H]4OC(C)(C)C[C@H]4c4ccccc4)C(C)=C1C3(C)C)[C@]1(C)CO[C@@H]1C[C@@H]2C. The van der Waals surface area contributed by atoms with Gasteiger partial charge in [-0.25, -0.2) is 4.79 Å². The highest BCUT2D eigenvalue weighted by Gasteiger charge is 2.74. The second-order valence-corrected chi connectivity index (χ2v) is 17.7. The lowest BCUT2D eigenvalue weighted by Crippen LogP contribution is -2.73. The van der Waals surface area contributed by atoms with Gasteiger partial charge in [-0.3, -0.25) is 9.59 Å². The molecule has 274 valence electrons. The molecule has 11 atom stereocenters. The van der Waals surface area contributed by atoms with Crippen LogP contribution in [0, 0.1) is 28.1 Å². The summed E-state index contributed by atoms with van der Waals surface area (Å²) in [5.74, 6) is -2.56. The minimum absolute atomic E-state index is 0.0883. The second kappa shape index (κ2) is 12.1. The number of fused-ring (bicyclic) bond motifs is 5. The van der Waals surface area contributed by atoms with E-state index in [0.717, 1.165) is 11.1 Å². The maximum Gasteiger partial charge on any atom is 0.336 e. The molecule has 2 bridgehead atoms. The number of Topliss-reactive ketones (excluding diaryl/α,β-unsaturated/α-hetero) is 1. The minimum Gasteiger partial charge on any atom is -0.456 e. The summed E-state index contributed by atoms with van der Waals surface area (Å²) >= 11 is 0. The van der Waals surface area contributed by atoms with E-state index in [1.165, 1.54) is 6.92 Å². The molecule has 51 heavy (non-hydrogen) atoms. The first-order valence-electron chi connectivity index (χ1n) is 18.6. The third-order valence-electron chi connectivity index (χ3n) is 14.0. The monoisotopic (exact) mass is 698 g/mol. The highest BCUT2D eigenvalue weighted by molar-refractivity contribution is 5.94. The van der Waals surface area contributed by atoms with Crippen LogP contribution in [0.2, 0.25) is 0 Å². The maximum absolute atomic E-state index is 15.5. The Morgan fingerprint density at radius 2 is 1.49 bits per heavy atom. The Morgan fingerprint density at radius 1 is 0.882 bits per heavy atom.